The van der Waals surface area contributed by atoms with Gasteiger partial charge in [-0.3, -0.25) is 4.79 Å². The number of hydrogen-bond donors (Lipinski definition) is 0. The second-order valence-electron chi connectivity index (χ2n) is 7.98. The monoisotopic (exact) mass is 440 g/mol. The van der Waals surface area contributed by atoms with E-state index in [1.54, 1.807) is 0 Å². The van der Waals surface area contributed by atoms with Gasteiger partial charge in [0.1, 0.15) is 5.75 Å². The van der Waals surface area contributed by atoms with Crippen LogP contribution in [0.1, 0.15) is 39.7 Å². The van der Waals surface area contributed by atoms with Crippen molar-refractivity contribution in [3.63, 3.8) is 0 Å². The first-order chi connectivity index (χ1) is 15.5. The molecule has 1 atom stereocenters. The molecule has 0 N–H and O–H groups in total. The molecule has 4 aromatic carbocycles. The van der Waals surface area contributed by atoms with E-state index in [9.17, 15) is 4.79 Å². The Labute approximate surface area is 194 Å². The van der Waals surface area contributed by atoms with Crippen molar-refractivity contribution in [1.82, 2.24) is 0 Å². The van der Waals surface area contributed by atoms with Gasteiger partial charge in [-0.15, -0.1) is 0 Å². The molecular formula is C29H25ClO2. The fraction of sp³-hybridized carbons (Fsp3) is 0.138. The zero-order chi connectivity index (χ0) is 22.5. The summed E-state index contributed by atoms with van der Waals surface area (Å²) in [5.41, 5.74) is 4.81. The number of carbonyl (C=O) groups is 1. The molecule has 0 saturated carbocycles. The molecule has 4 rings (SSSR count). The standard InChI is InChI=1S/C29H25ClO2/c1-20-18-25(19-21(2)28(20)30)32-29(31)27(24-16-10-5-11-17-24)26(22-12-6-3-7-13-22)23-14-8-4-9-15-23/h3-19,26-27H,1-2H3. The number of aryl methyl sites for hydroxylation is 2. The minimum Gasteiger partial charge on any atom is -0.426 e. The van der Waals surface area contributed by atoms with Crippen LogP contribution in [0.15, 0.2) is 103 Å². The van der Waals surface area contributed by atoms with Gasteiger partial charge >= 0.3 is 5.97 Å². The Bertz CT molecular complexity index is 1130. The third-order valence-electron chi connectivity index (χ3n) is 5.69. The summed E-state index contributed by atoms with van der Waals surface area (Å²) in [4.78, 5) is 13.8. The zero-order valence-corrected chi connectivity index (χ0v) is 18.9. The number of benzene rings is 4. The smallest absolute Gasteiger partial charge is 0.319 e. The number of rotatable bonds is 6. The lowest BCUT2D eigenvalue weighted by atomic mass is 9.77. The van der Waals surface area contributed by atoms with Gasteiger partial charge in [0.15, 0.2) is 0 Å². The average Bonchev–Trinajstić information content (AvgIpc) is 2.82. The van der Waals surface area contributed by atoms with Gasteiger partial charge in [0.2, 0.25) is 0 Å². The Morgan fingerprint density at radius 2 is 1.09 bits per heavy atom. The van der Waals surface area contributed by atoms with Crippen LogP contribution in [0.3, 0.4) is 0 Å². The SMILES string of the molecule is Cc1cc(OC(=O)C(c2ccccc2)C(c2ccccc2)c2ccccc2)cc(C)c1Cl. The largest absolute Gasteiger partial charge is 0.426 e. The number of esters is 1. The molecule has 0 aliphatic carbocycles. The van der Waals surface area contributed by atoms with E-state index in [-0.39, 0.29) is 11.9 Å². The van der Waals surface area contributed by atoms with Crippen molar-refractivity contribution in [2.45, 2.75) is 25.7 Å². The molecule has 0 saturated heterocycles. The van der Waals surface area contributed by atoms with Crippen LogP contribution < -0.4 is 4.74 Å². The maximum atomic E-state index is 13.8. The van der Waals surface area contributed by atoms with Crippen LogP contribution >= 0.6 is 11.6 Å². The molecule has 4 aromatic rings. The third-order valence-corrected chi connectivity index (χ3v) is 6.29. The molecule has 0 bridgehead atoms. The predicted molar refractivity (Wildman–Crippen MR) is 130 cm³/mol. The van der Waals surface area contributed by atoms with Crippen LogP contribution in [0.2, 0.25) is 5.02 Å². The summed E-state index contributed by atoms with van der Waals surface area (Å²) in [6.07, 6.45) is 0. The van der Waals surface area contributed by atoms with Gasteiger partial charge in [-0.2, -0.15) is 0 Å². The van der Waals surface area contributed by atoms with Gasteiger partial charge in [0, 0.05) is 10.9 Å². The first-order valence-corrected chi connectivity index (χ1v) is 11.1. The summed E-state index contributed by atoms with van der Waals surface area (Å²) in [7, 11) is 0. The molecule has 0 aliphatic heterocycles. The third kappa shape index (κ3) is 4.76. The summed E-state index contributed by atoms with van der Waals surface area (Å²) in [6.45, 7) is 3.83. The highest BCUT2D eigenvalue weighted by atomic mass is 35.5. The van der Waals surface area contributed by atoms with Crippen molar-refractivity contribution < 1.29 is 9.53 Å². The number of hydrogen-bond acceptors (Lipinski definition) is 2. The quantitative estimate of drug-likeness (QED) is 0.229. The minimum absolute atomic E-state index is 0.193. The number of ether oxygens (including phenoxy) is 1. The highest BCUT2D eigenvalue weighted by molar-refractivity contribution is 6.32. The molecule has 0 aliphatic rings. The Kier molecular flexibility index (Phi) is 6.72. The second kappa shape index (κ2) is 9.84. The Hall–Kier alpha value is -3.36. The molecule has 0 aromatic heterocycles. The molecule has 0 radical (unpaired) electrons. The van der Waals surface area contributed by atoms with Crippen LogP contribution in [-0.4, -0.2) is 5.97 Å². The molecule has 2 nitrogen and oxygen atoms in total. The molecule has 0 heterocycles. The van der Waals surface area contributed by atoms with E-state index >= 15 is 0 Å². The minimum atomic E-state index is -0.516. The van der Waals surface area contributed by atoms with Crippen molar-refractivity contribution in [3.8, 4) is 5.75 Å². The van der Waals surface area contributed by atoms with Crippen LogP contribution in [0.5, 0.6) is 5.75 Å². The highest BCUT2D eigenvalue weighted by Gasteiger charge is 2.34. The molecule has 0 spiro atoms. The lowest BCUT2D eigenvalue weighted by Crippen LogP contribution is -2.26. The van der Waals surface area contributed by atoms with E-state index in [1.807, 2.05) is 92.7 Å². The Balaban J connectivity index is 1.81. The van der Waals surface area contributed by atoms with E-state index in [4.69, 9.17) is 16.3 Å². The Morgan fingerprint density at radius 3 is 1.53 bits per heavy atom. The van der Waals surface area contributed by atoms with E-state index in [0.717, 1.165) is 27.8 Å². The molecule has 0 fully saturated rings. The molecular weight excluding hydrogens is 416 g/mol. The van der Waals surface area contributed by atoms with Crippen LogP contribution in [0, 0.1) is 13.8 Å². The summed E-state index contributed by atoms with van der Waals surface area (Å²) < 4.78 is 5.97. The zero-order valence-electron chi connectivity index (χ0n) is 18.2. The highest BCUT2D eigenvalue weighted by Crippen LogP contribution is 2.40. The van der Waals surface area contributed by atoms with Crippen molar-refractivity contribution in [2.75, 3.05) is 0 Å². The molecule has 3 heteroatoms. The maximum absolute atomic E-state index is 13.8. The van der Waals surface area contributed by atoms with Gasteiger partial charge in [0.25, 0.3) is 0 Å². The van der Waals surface area contributed by atoms with E-state index in [2.05, 4.69) is 24.3 Å². The first kappa shape index (κ1) is 21.9. The number of halogens is 1. The predicted octanol–water partition coefficient (Wildman–Crippen LogP) is 7.48. The fourth-order valence-corrected chi connectivity index (χ4v) is 4.28. The first-order valence-electron chi connectivity index (χ1n) is 10.7. The molecule has 1 unspecified atom stereocenters. The summed E-state index contributed by atoms with van der Waals surface area (Å²) in [5, 5.41) is 0.691. The van der Waals surface area contributed by atoms with Gasteiger partial charge in [-0.05, 0) is 53.8 Å². The lowest BCUT2D eigenvalue weighted by molar-refractivity contribution is -0.136. The lowest BCUT2D eigenvalue weighted by Gasteiger charge is -2.27. The molecule has 0 amide bonds. The van der Waals surface area contributed by atoms with Crippen molar-refractivity contribution in [3.05, 3.63) is 136 Å². The second-order valence-corrected chi connectivity index (χ2v) is 8.36. The average molecular weight is 441 g/mol. The topological polar surface area (TPSA) is 26.3 Å². The fourth-order valence-electron chi connectivity index (χ4n) is 4.17. The van der Waals surface area contributed by atoms with Crippen molar-refractivity contribution in [1.29, 1.82) is 0 Å². The van der Waals surface area contributed by atoms with Gasteiger partial charge < -0.3 is 4.74 Å². The van der Waals surface area contributed by atoms with Crippen LogP contribution in [0.4, 0.5) is 0 Å². The normalized spacial score (nSPS) is 11.9. The van der Waals surface area contributed by atoms with E-state index in [0.29, 0.717) is 10.8 Å². The van der Waals surface area contributed by atoms with Crippen LogP contribution in [-0.2, 0) is 4.79 Å². The van der Waals surface area contributed by atoms with E-state index < -0.39 is 5.92 Å². The summed E-state index contributed by atoms with van der Waals surface area (Å²) in [6, 6.07) is 33.7. The number of carbonyl (C=O) groups excluding carboxylic acids is 1. The molecule has 32 heavy (non-hydrogen) atoms. The van der Waals surface area contributed by atoms with Gasteiger partial charge in [-0.1, -0.05) is 103 Å². The van der Waals surface area contributed by atoms with Gasteiger partial charge in [-0.25, -0.2) is 0 Å². The van der Waals surface area contributed by atoms with Crippen molar-refractivity contribution in [2.24, 2.45) is 0 Å². The van der Waals surface area contributed by atoms with E-state index in [1.165, 1.54) is 0 Å². The molecule has 160 valence electrons. The van der Waals surface area contributed by atoms with Crippen molar-refractivity contribution >= 4 is 17.6 Å². The Morgan fingerprint density at radius 1 is 0.688 bits per heavy atom. The summed E-state index contributed by atoms with van der Waals surface area (Å²) in [5.74, 6) is -0.496. The summed E-state index contributed by atoms with van der Waals surface area (Å²) >= 11 is 6.31. The van der Waals surface area contributed by atoms with Crippen LogP contribution in [0.25, 0.3) is 0 Å². The maximum Gasteiger partial charge on any atom is 0.319 e. The van der Waals surface area contributed by atoms with Gasteiger partial charge in [0.05, 0.1) is 5.92 Å².